The minimum Gasteiger partial charge on any atom is -0.368 e. The standard InChI is InChI=1S/C16H21N3O3/c1-9-4-3-5-10(2)11(9)8-13(15(17)21)19-16(22)12-6-7-14(20)18-12/h3-5,12-13H,6-8H2,1-2H3,(H2,17,21)(H,18,20)(H,19,22)/t12-,13-/m0/s1. The molecule has 0 aromatic heterocycles. The second kappa shape index (κ2) is 6.60. The first kappa shape index (κ1) is 16.0. The van der Waals surface area contributed by atoms with Crippen LogP contribution >= 0.6 is 0 Å². The summed E-state index contributed by atoms with van der Waals surface area (Å²) in [5.74, 6) is -1.09. The summed E-state index contributed by atoms with van der Waals surface area (Å²) in [6.07, 6.45) is 1.12. The molecule has 118 valence electrons. The molecule has 1 aromatic carbocycles. The van der Waals surface area contributed by atoms with Gasteiger partial charge in [-0.05, 0) is 37.0 Å². The van der Waals surface area contributed by atoms with E-state index in [1.807, 2.05) is 32.0 Å². The molecule has 2 atom stereocenters. The van der Waals surface area contributed by atoms with Gasteiger partial charge in [-0.2, -0.15) is 0 Å². The van der Waals surface area contributed by atoms with E-state index in [-0.39, 0.29) is 11.8 Å². The second-order valence-corrected chi connectivity index (χ2v) is 5.70. The molecule has 1 fully saturated rings. The van der Waals surface area contributed by atoms with Crippen LogP contribution in [0.5, 0.6) is 0 Å². The molecule has 22 heavy (non-hydrogen) atoms. The summed E-state index contributed by atoms with van der Waals surface area (Å²) in [5, 5.41) is 5.24. The van der Waals surface area contributed by atoms with Gasteiger partial charge < -0.3 is 16.4 Å². The van der Waals surface area contributed by atoms with Crippen molar-refractivity contribution < 1.29 is 14.4 Å². The van der Waals surface area contributed by atoms with Gasteiger partial charge in [-0.3, -0.25) is 14.4 Å². The summed E-state index contributed by atoms with van der Waals surface area (Å²) in [4.78, 5) is 35.0. The highest BCUT2D eigenvalue weighted by atomic mass is 16.2. The van der Waals surface area contributed by atoms with E-state index in [1.165, 1.54) is 0 Å². The molecule has 1 aliphatic heterocycles. The van der Waals surface area contributed by atoms with Gasteiger partial charge in [-0.15, -0.1) is 0 Å². The van der Waals surface area contributed by atoms with Gasteiger partial charge in [-0.1, -0.05) is 18.2 Å². The number of hydrogen-bond acceptors (Lipinski definition) is 3. The third kappa shape index (κ3) is 3.63. The average molecular weight is 303 g/mol. The molecule has 1 saturated heterocycles. The summed E-state index contributed by atoms with van der Waals surface area (Å²) in [6, 6.07) is 4.50. The number of hydrogen-bond donors (Lipinski definition) is 3. The summed E-state index contributed by atoms with van der Waals surface area (Å²) >= 11 is 0. The van der Waals surface area contributed by atoms with Gasteiger partial charge >= 0.3 is 0 Å². The van der Waals surface area contributed by atoms with Gasteiger partial charge in [0.05, 0.1) is 0 Å². The summed E-state index contributed by atoms with van der Waals surface area (Å²) < 4.78 is 0. The minimum atomic E-state index is -0.787. The Morgan fingerprint density at radius 2 is 2.00 bits per heavy atom. The van der Waals surface area contributed by atoms with Crippen molar-refractivity contribution in [3.63, 3.8) is 0 Å². The normalized spacial score (nSPS) is 18.6. The van der Waals surface area contributed by atoms with Crippen molar-refractivity contribution in [3.8, 4) is 0 Å². The van der Waals surface area contributed by atoms with Crippen molar-refractivity contribution in [2.24, 2.45) is 5.73 Å². The number of nitrogens with one attached hydrogen (secondary N) is 2. The maximum Gasteiger partial charge on any atom is 0.243 e. The van der Waals surface area contributed by atoms with Crippen LogP contribution in [-0.4, -0.2) is 29.8 Å². The molecule has 3 amide bonds. The van der Waals surface area contributed by atoms with E-state index in [2.05, 4.69) is 10.6 Å². The van der Waals surface area contributed by atoms with Crippen molar-refractivity contribution >= 4 is 17.7 Å². The van der Waals surface area contributed by atoms with Crippen LogP contribution in [0.25, 0.3) is 0 Å². The Kier molecular flexibility index (Phi) is 4.80. The van der Waals surface area contributed by atoms with E-state index in [9.17, 15) is 14.4 Å². The highest BCUT2D eigenvalue weighted by molar-refractivity contribution is 5.93. The Morgan fingerprint density at radius 1 is 1.36 bits per heavy atom. The predicted octanol–water partition coefficient (Wildman–Crippen LogP) is 0.0946. The monoisotopic (exact) mass is 303 g/mol. The summed E-state index contributed by atoms with van der Waals surface area (Å²) in [7, 11) is 0. The maximum absolute atomic E-state index is 12.1. The summed E-state index contributed by atoms with van der Waals surface area (Å²) in [5.41, 5.74) is 8.52. The van der Waals surface area contributed by atoms with Crippen LogP contribution in [0.2, 0.25) is 0 Å². The topological polar surface area (TPSA) is 101 Å². The van der Waals surface area contributed by atoms with Crippen molar-refractivity contribution in [2.75, 3.05) is 0 Å². The van der Waals surface area contributed by atoms with E-state index in [4.69, 9.17) is 5.73 Å². The van der Waals surface area contributed by atoms with Gasteiger partial charge in [0.25, 0.3) is 0 Å². The molecule has 1 heterocycles. The maximum atomic E-state index is 12.1. The SMILES string of the molecule is Cc1cccc(C)c1C[C@H](NC(=O)[C@@H]1CCC(=O)N1)C(N)=O. The van der Waals surface area contributed by atoms with Crippen LogP contribution < -0.4 is 16.4 Å². The van der Waals surface area contributed by atoms with Gasteiger partial charge in [0.15, 0.2) is 0 Å². The van der Waals surface area contributed by atoms with Gasteiger partial charge in [0, 0.05) is 12.8 Å². The zero-order valence-corrected chi connectivity index (χ0v) is 12.8. The molecule has 0 bridgehead atoms. The fourth-order valence-corrected chi connectivity index (χ4v) is 2.68. The molecule has 6 heteroatoms. The number of carbonyl (C=O) groups excluding carboxylic acids is 3. The van der Waals surface area contributed by atoms with Crippen molar-refractivity contribution in [2.45, 2.75) is 45.2 Å². The third-order valence-corrected chi connectivity index (χ3v) is 4.02. The Hall–Kier alpha value is -2.37. The number of rotatable bonds is 5. The average Bonchev–Trinajstić information content (AvgIpc) is 2.88. The first-order chi connectivity index (χ1) is 10.4. The molecule has 0 unspecified atom stereocenters. The lowest BCUT2D eigenvalue weighted by molar-refractivity contribution is -0.129. The van der Waals surface area contributed by atoms with Crippen LogP contribution in [-0.2, 0) is 20.8 Å². The van der Waals surface area contributed by atoms with Gasteiger partial charge in [0.1, 0.15) is 12.1 Å². The van der Waals surface area contributed by atoms with Crippen molar-refractivity contribution in [3.05, 3.63) is 34.9 Å². The molecule has 2 rings (SSSR count). The highest BCUT2D eigenvalue weighted by Crippen LogP contribution is 2.16. The highest BCUT2D eigenvalue weighted by Gasteiger charge is 2.30. The Labute approximate surface area is 129 Å². The van der Waals surface area contributed by atoms with E-state index in [0.717, 1.165) is 16.7 Å². The van der Waals surface area contributed by atoms with E-state index in [0.29, 0.717) is 19.3 Å². The Balaban J connectivity index is 2.09. The predicted molar refractivity (Wildman–Crippen MR) is 81.9 cm³/mol. The molecule has 0 spiro atoms. The smallest absolute Gasteiger partial charge is 0.243 e. The fourth-order valence-electron chi connectivity index (χ4n) is 2.68. The molecule has 1 aliphatic rings. The number of benzene rings is 1. The van der Waals surface area contributed by atoms with Crippen molar-refractivity contribution in [1.29, 1.82) is 0 Å². The van der Waals surface area contributed by atoms with E-state index < -0.39 is 18.0 Å². The van der Waals surface area contributed by atoms with Crippen molar-refractivity contribution in [1.82, 2.24) is 10.6 Å². The summed E-state index contributed by atoms with van der Waals surface area (Å²) in [6.45, 7) is 3.92. The lowest BCUT2D eigenvalue weighted by atomic mass is 9.96. The third-order valence-electron chi connectivity index (χ3n) is 4.02. The zero-order valence-electron chi connectivity index (χ0n) is 12.8. The molecule has 4 N–H and O–H groups in total. The zero-order chi connectivity index (χ0) is 16.3. The Bertz CT molecular complexity index is 592. The molecule has 6 nitrogen and oxygen atoms in total. The first-order valence-electron chi connectivity index (χ1n) is 7.32. The lowest BCUT2D eigenvalue weighted by Gasteiger charge is -2.20. The lowest BCUT2D eigenvalue weighted by Crippen LogP contribution is -2.51. The second-order valence-electron chi connectivity index (χ2n) is 5.70. The van der Waals surface area contributed by atoms with E-state index in [1.54, 1.807) is 0 Å². The molecular formula is C16H21N3O3. The molecule has 0 saturated carbocycles. The minimum absolute atomic E-state index is 0.148. The van der Waals surface area contributed by atoms with Crippen LogP contribution in [0.15, 0.2) is 18.2 Å². The van der Waals surface area contributed by atoms with Gasteiger partial charge in [-0.25, -0.2) is 0 Å². The fraction of sp³-hybridized carbons (Fsp3) is 0.438. The Morgan fingerprint density at radius 3 is 2.50 bits per heavy atom. The number of nitrogens with two attached hydrogens (primary N) is 1. The number of primary amides is 1. The number of amides is 3. The first-order valence-corrected chi connectivity index (χ1v) is 7.32. The largest absolute Gasteiger partial charge is 0.368 e. The van der Waals surface area contributed by atoms with Crippen LogP contribution in [0.4, 0.5) is 0 Å². The molecular weight excluding hydrogens is 282 g/mol. The quantitative estimate of drug-likeness (QED) is 0.718. The number of aryl methyl sites for hydroxylation is 2. The molecule has 0 radical (unpaired) electrons. The molecule has 1 aromatic rings. The van der Waals surface area contributed by atoms with Gasteiger partial charge in [0.2, 0.25) is 17.7 Å². The van der Waals surface area contributed by atoms with Crippen LogP contribution in [0.1, 0.15) is 29.5 Å². The van der Waals surface area contributed by atoms with Crippen LogP contribution in [0, 0.1) is 13.8 Å². The van der Waals surface area contributed by atoms with Crippen LogP contribution in [0.3, 0.4) is 0 Å². The number of carbonyl (C=O) groups is 3. The van der Waals surface area contributed by atoms with E-state index >= 15 is 0 Å². The molecule has 0 aliphatic carbocycles.